The van der Waals surface area contributed by atoms with E-state index >= 15 is 0 Å². The molecule has 1 heterocycles. The van der Waals surface area contributed by atoms with E-state index in [2.05, 4.69) is 20.8 Å². The van der Waals surface area contributed by atoms with Crippen LogP contribution in [0.25, 0.3) is 0 Å². The number of Topliss-reactive ketones (excluding diaryl/α,β-unsaturated/α-hetero) is 1. The predicted octanol–water partition coefficient (Wildman–Crippen LogP) is 5.12. The molecule has 1 amide bonds. The third kappa shape index (κ3) is 4.41. The number of hydrogen-bond acceptors (Lipinski definition) is 4. The van der Waals surface area contributed by atoms with Crippen molar-refractivity contribution in [1.29, 1.82) is 0 Å². The van der Waals surface area contributed by atoms with Gasteiger partial charge in [-0.05, 0) is 104 Å². The van der Waals surface area contributed by atoms with Crippen LogP contribution in [0.3, 0.4) is 0 Å². The molecule has 5 aliphatic rings. The van der Waals surface area contributed by atoms with Crippen LogP contribution in [-0.2, 0) is 19.7 Å². The van der Waals surface area contributed by atoms with E-state index in [0.717, 1.165) is 43.4 Å². The van der Waals surface area contributed by atoms with Gasteiger partial charge in [0.15, 0.2) is 0 Å². The van der Waals surface area contributed by atoms with Crippen LogP contribution in [0.5, 0.6) is 0 Å². The Kier molecular flexibility index (Phi) is 6.69. The van der Waals surface area contributed by atoms with Crippen molar-refractivity contribution in [1.82, 2.24) is 4.90 Å². The lowest BCUT2D eigenvalue weighted by Crippen LogP contribution is -2.53. The standard InChI is InChI=1S/C28H45NO5S/c1-18(4-9-26(31)29-15-12-21(17-29)35(32,33)34)23-7-8-24-22-6-5-19-16-20(30)10-13-27(19,2)25(22)11-14-28(23,24)3/h18-19,21-25H,4-17H2,1-3H3,(H,32,33,34)/t18-,19-,21+,22+,23-,24+,25+,27+,28-/m1/s1. The molecule has 0 radical (unpaired) electrons. The zero-order valence-corrected chi connectivity index (χ0v) is 22.7. The maximum absolute atomic E-state index is 12.8. The second kappa shape index (κ2) is 9.11. The maximum Gasteiger partial charge on any atom is 0.269 e. The highest BCUT2D eigenvalue weighted by Crippen LogP contribution is 2.68. The van der Waals surface area contributed by atoms with Gasteiger partial charge in [-0.1, -0.05) is 20.8 Å². The number of likely N-dealkylation sites (tertiary alicyclic amines) is 1. The average Bonchev–Trinajstić information content (AvgIpc) is 3.43. The van der Waals surface area contributed by atoms with E-state index in [4.69, 9.17) is 0 Å². The summed E-state index contributed by atoms with van der Waals surface area (Å²) in [6.45, 7) is 7.93. The minimum Gasteiger partial charge on any atom is -0.341 e. The minimum atomic E-state index is -4.07. The number of carbonyl (C=O) groups is 2. The van der Waals surface area contributed by atoms with Gasteiger partial charge in [0, 0.05) is 32.4 Å². The summed E-state index contributed by atoms with van der Waals surface area (Å²) in [6.07, 6.45) is 12.0. The second-order valence-electron chi connectivity index (χ2n) is 13.4. The molecule has 35 heavy (non-hydrogen) atoms. The normalized spacial score (nSPS) is 44.5. The van der Waals surface area contributed by atoms with Crippen molar-refractivity contribution < 1.29 is 22.6 Å². The van der Waals surface area contributed by atoms with Gasteiger partial charge >= 0.3 is 0 Å². The number of fused-ring (bicyclic) bond motifs is 5. The van der Waals surface area contributed by atoms with Gasteiger partial charge in [-0.2, -0.15) is 8.42 Å². The van der Waals surface area contributed by atoms with Gasteiger partial charge in [0.2, 0.25) is 5.91 Å². The monoisotopic (exact) mass is 507 g/mol. The maximum atomic E-state index is 12.8. The molecular formula is C28H45NO5S. The van der Waals surface area contributed by atoms with Gasteiger partial charge in [0.25, 0.3) is 10.1 Å². The third-order valence-corrected chi connectivity index (χ3v) is 13.2. The van der Waals surface area contributed by atoms with E-state index in [0.29, 0.717) is 53.8 Å². The van der Waals surface area contributed by atoms with E-state index in [-0.39, 0.29) is 12.5 Å². The average molecular weight is 508 g/mol. The van der Waals surface area contributed by atoms with E-state index < -0.39 is 15.4 Å². The molecule has 9 atom stereocenters. The molecule has 5 rings (SSSR count). The lowest BCUT2D eigenvalue weighted by molar-refractivity contribution is -0.140. The Morgan fingerprint density at radius 2 is 1.80 bits per heavy atom. The van der Waals surface area contributed by atoms with Crippen LogP contribution in [0.2, 0.25) is 0 Å². The number of carbonyl (C=O) groups excluding carboxylic acids is 2. The van der Waals surface area contributed by atoms with Crippen LogP contribution in [0.1, 0.15) is 97.8 Å². The fraction of sp³-hybridized carbons (Fsp3) is 0.929. The van der Waals surface area contributed by atoms with Crippen LogP contribution in [0.15, 0.2) is 0 Å². The first kappa shape index (κ1) is 25.7. The van der Waals surface area contributed by atoms with Gasteiger partial charge in [-0.15, -0.1) is 0 Å². The zero-order valence-electron chi connectivity index (χ0n) is 21.9. The van der Waals surface area contributed by atoms with Gasteiger partial charge in [-0.3, -0.25) is 14.1 Å². The number of amides is 1. The highest BCUT2D eigenvalue weighted by Gasteiger charge is 2.60. The largest absolute Gasteiger partial charge is 0.341 e. The minimum absolute atomic E-state index is 0.0319. The highest BCUT2D eigenvalue weighted by molar-refractivity contribution is 7.86. The molecule has 1 N–H and O–H groups in total. The molecular weight excluding hydrogens is 462 g/mol. The molecule has 1 saturated heterocycles. The predicted molar refractivity (Wildman–Crippen MR) is 135 cm³/mol. The Balaban J connectivity index is 1.20. The van der Waals surface area contributed by atoms with E-state index in [1.165, 1.54) is 38.5 Å². The Morgan fingerprint density at radius 1 is 1.06 bits per heavy atom. The smallest absolute Gasteiger partial charge is 0.269 e. The Morgan fingerprint density at radius 3 is 2.51 bits per heavy atom. The summed E-state index contributed by atoms with van der Waals surface area (Å²) in [7, 11) is -4.07. The molecule has 0 bridgehead atoms. The molecule has 0 unspecified atom stereocenters. The summed E-state index contributed by atoms with van der Waals surface area (Å²) in [6, 6.07) is 0. The molecule has 7 heteroatoms. The summed E-state index contributed by atoms with van der Waals surface area (Å²) in [5.41, 5.74) is 0.699. The topological polar surface area (TPSA) is 91.8 Å². The zero-order chi connectivity index (χ0) is 25.2. The summed E-state index contributed by atoms with van der Waals surface area (Å²) < 4.78 is 32.2. The first-order valence-corrected chi connectivity index (χ1v) is 15.7. The van der Waals surface area contributed by atoms with Crippen LogP contribution in [-0.4, -0.2) is 47.9 Å². The van der Waals surface area contributed by atoms with E-state index in [1.807, 2.05) is 0 Å². The molecule has 0 aromatic heterocycles. The van der Waals surface area contributed by atoms with Crippen LogP contribution in [0, 0.1) is 46.3 Å². The Hall–Kier alpha value is -0.950. The molecule has 5 fully saturated rings. The number of ketones is 1. The first-order chi connectivity index (χ1) is 16.4. The summed E-state index contributed by atoms with van der Waals surface area (Å²) in [4.78, 5) is 26.6. The SMILES string of the molecule is C[C@H](CCC(=O)N1CC[C@H](S(=O)(=O)O)C1)[C@H]1CC[C@H]2[C@@H]3CC[C@@H]4CC(=O)CC[C@]4(C)[C@H]3CC[C@]12C. The van der Waals surface area contributed by atoms with E-state index in [9.17, 15) is 22.6 Å². The van der Waals surface area contributed by atoms with Gasteiger partial charge in [0.05, 0.1) is 0 Å². The first-order valence-electron chi connectivity index (χ1n) is 14.2. The summed E-state index contributed by atoms with van der Waals surface area (Å²) in [5.74, 6) is 4.57. The number of hydrogen-bond donors (Lipinski definition) is 1. The van der Waals surface area contributed by atoms with Crippen molar-refractivity contribution in [2.24, 2.45) is 46.3 Å². The van der Waals surface area contributed by atoms with Crippen molar-refractivity contribution in [2.45, 2.75) is 103 Å². The fourth-order valence-electron chi connectivity index (χ4n) is 9.93. The van der Waals surface area contributed by atoms with Crippen molar-refractivity contribution >= 4 is 21.8 Å². The molecule has 1 aliphatic heterocycles. The van der Waals surface area contributed by atoms with Crippen molar-refractivity contribution in [3.8, 4) is 0 Å². The second-order valence-corrected chi connectivity index (χ2v) is 15.1. The summed E-state index contributed by atoms with van der Waals surface area (Å²) in [5, 5.41) is -0.826. The Labute approximate surface area is 211 Å². The molecule has 6 nitrogen and oxygen atoms in total. The lowest BCUT2D eigenvalue weighted by Gasteiger charge is -2.60. The quantitative estimate of drug-likeness (QED) is 0.522. The third-order valence-electron chi connectivity index (χ3n) is 12.0. The van der Waals surface area contributed by atoms with Crippen LogP contribution < -0.4 is 0 Å². The molecule has 198 valence electrons. The van der Waals surface area contributed by atoms with Gasteiger partial charge < -0.3 is 4.90 Å². The van der Waals surface area contributed by atoms with E-state index in [1.54, 1.807) is 4.90 Å². The van der Waals surface area contributed by atoms with Crippen molar-refractivity contribution in [3.63, 3.8) is 0 Å². The molecule has 4 aliphatic carbocycles. The Bertz CT molecular complexity index is 964. The molecule has 0 aromatic carbocycles. The van der Waals surface area contributed by atoms with Crippen molar-refractivity contribution in [2.75, 3.05) is 13.1 Å². The molecule has 4 saturated carbocycles. The molecule has 0 spiro atoms. The van der Waals surface area contributed by atoms with Crippen molar-refractivity contribution in [3.05, 3.63) is 0 Å². The van der Waals surface area contributed by atoms with Gasteiger partial charge in [0.1, 0.15) is 11.0 Å². The van der Waals surface area contributed by atoms with Crippen LogP contribution in [0.4, 0.5) is 0 Å². The summed E-state index contributed by atoms with van der Waals surface area (Å²) >= 11 is 0. The van der Waals surface area contributed by atoms with Crippen LogP contribution >= 0.6 is 0 Å². The lowest BCUT2D eigenvalue weighted by atomic mass is 9.44. The number of rotatable bonds is 5. The van der Waals surface area contributed by atoms with Gasteiger partial charge in [-0.25, -0.2) is 0 Å². The fourth-order valence-corrected chi connectivity index (χ4v) is 10.7. The molecule has 0 aromatic rings. The highest BCUT2D eigenvalue weighted by atomic mass is 32.2. The number of nitrogens with zero attached hydrogens (tertiary/aromatic N) is 1.